The molecular weight excluding hydrogens is 310 g/mol. The van der Waals surface area contributed by atoms with Crippen LogP contribution in [0.1, 0.15) is 22.3 Å². The number of aromatic nitrogens is 2. The number of aliphatic carboxylic acids is 1. The third-order valence-corrected chi connectivity index (χ3v) is 4.21. The number of methoxy groups -OCH3 is 1. The molecule has 126 valence electrons. The van der Waals surface area contributed by atoms with Gasteiger partial charge in [-0.25, -0.2) is 0 Å². The molecule has 0 bridgehead atoms. The van der Waals surface area contributed by atoms with Crippen molar-refractivity contribution in [1.82, 2.24) is 14.7 Å². The van der Waals surface area contributed by atoms with E-state index in [0.29, 0.717) is 25.1 Å². The zero-order chi connectivity index (χ0) is 17.1. The van der Waals surface area contributed by atoms with Crippen molar-refractivity contribution in [3.63, 3.8) is 0 Å². The number of carboxylic acid groups (broad SMARTS) is 1. The Balaban J connectivity index is 1.64. The fourth-order valence-corrected chi connectivity index (χ4v) is 2.81. The van der Waals surface area contributed by atoms with Crippen LogP contribution in [0.5, 0.6) is 5.75 Å². The number of nitrogens with zero attached hydrogens (tertiary/aromatic N) is 3. The maximum Gasteiger partial charge on any atom is 0.308 e. The lowest BCUT2D eigenvalue weighted by Crippen LogP contribution is -2.29. The summed E-state index contributed by atoms with van der Waals surface area (Å²) in [6.45, 7) is 1.28. The number of benzene rings is 1. The fraction of sp³-hybridized carbons (Fsp3) is 0.353. The Labute approximate surface area is 139 Å². The second-order valence-electron chi connectivity index (χ2n) is 5.85. The number of hydrogen-bond acceptors (Lipinski definition) is 4. The maximum absolute atomic E-state index is 12.4. The molecule has 24 heavy (non-hydrogen) atoms. The van der Waals surface area contributed by atoms with Crippen molar-refractivity contribution in [2.75, 3.05) is 20.2 Å². The molecule has 1 amide bonds. The van der Waals surface area contributed by atoms with E-state index in [9.17, 15) is 9.59 Å². The normalized spacial score (nSPS) is 17.0. The summed E-state index contributed by atoms with van der Waals surface area (Å²) < 4.78 is 6.82. The Bertz CT molecular complexity index is 739. The van der Waals surface area contributed by atoms with Crippen LogP contribution in [0, 0.1) is 5.92 Å². The molecule has 0 aliphatic carbocycles. The Morgan fingerprint density at radius 1 is 1.33 bits per heavy atom. The van der Waals surface area contributed by atoms with E-state index in [0.717, 1.165) is 11.3 Å². The van der Waals surface area contributed by atoms with Crippen LogP contribution in [-0.4, -0.2) is 51.9 Å². The van der Waals surface area contributed by atoms with Gasteiger partial charge in [0.1, 0.15) is 5.75 Å². The Morgan fingerprint density at radius 3 is 2.71 bits per heavy atom. The number of ether oxygens (including phenoxy) is 1. The lowest BCUT2D eigenvalue weighted by Gasteiger charge is -2.14. The van der Waals surface area contributed by atoms with Crippen molar-refractivity contribution < 1.29 is 19.4 Å². The monoisotopic (exact) mass is 329 g/mol. The molecule has 7 heteroatoms. The molecule has 2 aromatic rings. The summed E-state index contributed by atoms with van der Waals surface area (Å²) in [6.07, 6.45) is 3.72. The van der Waals surface area contributed by atoms with Gasteiger partial charge in [-0.1, -0.05) is 12.1 Å². The van der Waals surface area contributed by atoms with E-state index in [1.807, 2.05) is 24.3 Å². The highest BCUT2D eigenvalue weighted by Crippen LogP contribution is 2.19. The molecule has 0 saturated carbocycles. The first-order valence-corrected chi connectivity index (χ1v) is 7.74. The molecule has 1 N–H and O–H groups in total. The summed E-state index contributed by atoms with van der Waals surface area (Å²) in [4.78, 5) is 25.0. The number of hydrogen-bond donors (Lipinski definition) is 1. The molecule has 1 aliphatic heterocycles. The summed E-state index contributed by atoms with van der Waals surface area (Å²) in [5.41, 5.74) is 1.53. The molecule has 7 nitrogen and oxygen atoms in total. The second kappa shape index (κ2) is 6.74. The van der Waals surface area contributed by atoms with E-state index in [2.05, 4.69) is 5.10 Å². The van der Waals surface area contributed by atoms with Gasteiger partial charge < -0.3 is 14.7 Å². The smallest absolute Gasteiger partial charge is 0.308 e. The summed E-state index contributed by atoms with van der Waals surface area (Å²) in [7, 11) is 1.62. The quantitative estimate of drug-likeness (QED) is 0.898. The lowest BCUT2D eigenvalue weighted by molar-refractivity contribution is -0.141. The van der Waals surface area contributed by atoms with Crippen LogP contribution < -0.4 is 4.74 Å². The van der Waals surface area contributed by atoms with Crippen LogP contribution in [0.15, 0.2) is 36.7 Å². The van der Waals surface area contributed by atoms with Crippen LogP contribution >= 0.6 is 0 Å². The Kier molecular flexibility index (Phi) is 4.50. The zero-order valence-electron chi connectivity index (χ0n) is 13.4. The van der Waals surface area contributed by atoms with Gasteiger partial charge in [0, 0.05) is 19.3 Å². The van der Waals surface area contributed by atoms with E-state index in [1.54, 1.807) is 22.9 Å². The van der Waals surface area contributed by atoms with Crippen LogP contribution in [0.3, 0.4) is 0 Å². The van der Waals surface area contributed by atoms with E-state index in [4.69, 9.17) is 9.84 Å². The van der Waals surface area contributed by atoms with E-state index >= 15 is 0 Å². The SMILES string of the molecule is COc1ccc(Cn2cc(C(=O)N3CC[C@H](C(=O)O)C3)cn2)cc1. The number of likely N-dealkylation sites (tertiary alicyclic amines) is 1. The van der Waals surface area contributed by atoms with Crippen LogP contribution in [-0.2, 0) is 11.3 Å². The fourth-order valence-electron chi connectivity index (χ4n) is 2.81. The predicted molar refractivity (Wildman–Crippen MR) is 86.0 cm³/mol. The van der Waals surface area contributed by atoms with Crippen molar-refractivity contribution in [2.24, 2.45) is 5.92 Å². The Hall–Kier alpha value is -2.83. The van der Waals surface area contributed by atoms with Gasteiger partial charge in [-0.05, 0) is 24.1 Å². The van der Waals surface area contributed by atoms with E-state index in [-0.39, 0.29) is 12.5 Å². The van der Waals surface area contributed by atoms with Gasteiger partial charge in [0.15, 0.2) is 0 Å². The first kappa shape index (κ1) is 16.0. The van der Waals surface area contributed by atoms with Crippen molar-refractivity contribution in [3.8, 4) is 5.75 Å². The van der Waals surface area contributed by atoms with E-state index < -0.39 is 11.9 Å². The summed E-state index contributed by atoms with van der Waals surface area (Å²) in [5.74, 6) is -0.694. The molecule has 1 aromatic heterocycles. The summed E-state index contributed by atoms with van der Waals surface area (Å²) in [6, 6.07) is 7.64. The van der Waals surface area contributed by atoms with Crippen LogP contribution in [0.25, 0.3) is 0 Å². The predicted octanol–water partition coefficient (Wildman–Crippen LogP) is 1.49. The van der Waals surface area contributed by atoms with Gasteiger partial charge in [0.05, 0.1) is 31.3 Å². The highest BCUT2D eigenvalue weighted by molar-refractivity contribution is 5.94. The molecule has 3 rings (SSSR count). The van der Waals surface area contributed by atoms with Crippen molar-refractivity contribution in [2.45, 2.75) is 13.0 Å². The average molecular weight is 329 g/mol. The van der Waals surface area contributed by atoms with Crippen molar-refractivity contribution in [1.29, 1.82) is 0 Å². The molecular formula is C17H19N3O4. The standard InChI is InChI=1S/C17H19N3O4/c1-24-15-4-2-12(3-5-15)9-20-11-14(8-18-20)16(21)19-7-6-13(10-19)17(22)23/h2-5,8,11,13H,6-7,9-10H2,1H3,(H,22,23)/t13-/m0/s1. The lowest BCUT2D eigenvalue weighted by atomic mass is 10.1. The molecule has 1 fully saturated rings. The number of carboxylic acids is 1. The molecule has 1 saturated heterocycles. The molecule has 1 atom stereocenters. The van der Waals surface area contributed by atoms with E-state index in [1.165, 1.54) is 6.20 Å². The largest absolute Gasteiger partial charge is 0.497 e. The topological polar surface area (TPSA) is 84.7 Å². The van der Waals surface area contributed by atoms with Crippen molar-refractivity contribution in [3.05, 3.63) is 47.8 Å². The Morgan fingerprint density at radius 2 is 2.08 bits per heavy atom. The molecule has 1 aliphatic rings. The molecule has 0 spiro atoms. The number of amides is 1. The summed E-state index contributed by atoms with van der Waals surface area (Å²) in [5, 5.41) is 13.2. The highest BCUT2D eigenvalue weighted by Gasteiger charge is 2.31. The number of carbonyl (C=O) groups excluding carboxylic acids is 1. The first-order chi connectivity index (χ1) is 11.6. The second-order valence-corrected chi connectivity index (χ2v) is 5.85. The maximum atomic E-state index is 12.4. The minimum Gasteiger partial charge on any atom is -0.497 e. The van der Waals surface area contributed by atoms with Gasteiger partial charge in [-0.2, -0.15) is 5.10 Å². The third-order valence-electron chi connectivity index (χ3n) is 4.21. The van der Waals surface area contributed by atoms with Crippen LogP contribution in [0.4, 0.5) is 0 Å². The van der Waals surface area contributed by atoms with Gasteiger partial charge >= 0.3 is 5.97 Å². The molecule has 2 heterocycles. The highest BCUT2D eigenvalue weighted by atomic mass is 16.5. The van der Waals surface area contributed by atoms with Gasteiger partial charge in [0.2, 0.25) is 0 Å². The van der Waals surface area contributed by atoms with Crippen molar-refractivity contribution >= 4 is 11.9 Å². The molecule has 0 radical (unpaired) electrons. The third kappa shape index (κ3) is 3.40. The number of rotatable bonds is 5. The summed E-state index contributed by atoms with van der Waals surface area (Å²) >= 11 is 0. The van der Waals surface area contributed by atoms with Gasteiger partial charge in [-0.15, -0.1) is 0 Å². The minimum atomic E-state index is -0.847. The molecule has 1 aromatic carbocycles. The first-order valence-electron chi connectivity index (χ1n) is 7.74. The number of carbonyl (C=O) groups is 2. The van der Waals surface area contributed by atoms with Gasteiger partial charge in [0.25, 0.3) is 5.91 Å². The van der Waals surface area contributed by atoms with Gasteiger partial charge in [-0.3, -0.25) is 14.3 Å². The average Bonchev–Trinajstić information content (AvgIpc) is 3.24. The van der Waals surface area contributed by atoms with Crippen LogP contribution in [0.2, 0.25) is 0 Å². The molecule has 0 unspecified atom stereocenters. The minimum absolute atomic E-state index is 0.167. The zero-order valence-corrected chi connectivity index (χ0v) is 13.4.